The van der Waals surface area contributed by atoms with Gasteiger partial charge in [0.1, 0.15) is 5.76 Å². The van der Waals surface area contributed by atoms with Crippen LogP contribution in [0.1, 0.15) is 16.9 Å². The van der Waals surface area contributed by atoms with Gasteiger partial charge in [-0.25, -0.2) is 8.42 Å². The third-order valence-electron chi connectivity index (χ3n) is 4.22. The summed E-state index contributed by atoms with van der Waals surface area (Å²) in [5.74, 6) is 0.0811. The van der Waals surface area contributed by atoms with Crippen molar-refractivity contribution in [3.63, 3.8) is 0 Å². The molecule has 0 unspecified atom stereocenters. The summed E-state index contributed by atoms with van der Waals surface area (Å²) in [5.41, 5.74) is 1.90. The van der Waals surface area contributed by atoms with E-state index in [-0.39, 0.29) is 23.9 Å². The Kier molecular flexibility index (Phi) is 6.28. The second-order valence-electron chi connectivity index (χ2n) is 6.43. The van der Waals surface area contributed by atoms with E-state index in [1.54, 1.807) is 36.4 Å². The molecule has 7 heteroatoms. The number of aryl methyl sites for hydroxylation is 1. The fraction of sp³-hybridized carbons (Fsp3) is 0.190. The first-order valence-electron chi connectivity index (χ1n) is 8.85. The van der Waals surface area contributed by atoms with Gasteiger partial charge in [-0.05, 0) is 36.8 Å². The van der Waals surface area contributed by atoms with Crippen LogP contribution in [-0.2, 0) is 27.9 Å². The lowest BCUT2D eigenvalue weighted by molar-refractivity contribution is -0.121. The van der Waals surface area contributed by atoms with Crippen molar-refractivity contribution < 1.29 is 17.6 Å². The van der Waals surface area contributed by atoms with E-state index in [1.807, 2.05) is 37.3 Å². The maximum Gasteiger partial charge on any atom is 0.243 e. The molecule has 0 radical (unpaired) electrons. The van der Waals surface area contributed by atoms with Gasteiger partial charge in [0, 0.05) is 6.54 Å². The third-order valence-corrected chi connectivity index (χ3v) is 6.03. The molecule has 6 nitrogen and oxygen atoms in total. The minimum atomic E-state index is -3.86. The van der Waals surface area contributed by atoms with Crippen LogP contribution >= 0.6 is 0 Å². The van der Waals surface area contributed by atoms with E-state index in [2.05, 4.69) is 5.32 Å². The Bertz CT molecular complexity index is 998. The van der Waals surface area contributed by atoms with Gasteiger partial charge >= 0.3 is 0 Å². The molecule has 0 fully saturated rings. The fourth-order valence-electron chi connectivity index (χ4n) is 2.67. The third kappa shape index (κ3) is 5.09. The van der Waals surface area contributed by atoms with Gasteiger partial charge in [-0.15, -0.1) is 0 Å². The number of nitrogens with zero attached hydrogens (tertiary/aromatic N) is 1. The fourth-order valence-corrected chi connectivity index (χ4v) is 4.04. The lowest BCUT2D eigenvalue weighted by Gasteiger charge is -2.21. The van der Waals surface area contributed by atoms with Gasteiger partial charge in [-0.3, -0.25) is 4.79 Å². The minimum absolute atomic E-state index is 0.0258. The summed E-state index contributed by atoms with van der Waals surface area (Å²) in [6, 6.07) is 19.3. The molecule has 0 saturated heterocycles. The first kappa shape index (κ1) is 19.9. The monoisotopic (exact) mass is 398 g/mol. The molecule has 0 saturated carbocycles. The second-order valence-corrected chi connectivity index (χ2v) is 8.37. The van der Waals surface area contributed by atoms with Gasteiger partial charge in [-0.1, -0.05) is 48.0 Å². The Morgan fingerprint density at radius 3 is 2.36 bits per heavy atom. The Morgan fingerprint density at radius 1 is 1.00 bits per heavy atom. The predicted molar refractivity (Wildman–Crippen MR) is 106 cm³/mol. The number of carbonyl (C=O) groups is 1. The number of furan rings is 1. The number of hydrogen-bond donors (Lipinski definition) is 1. The smallest absolute Gasteiger partial charge is 0.243 e. The molecule has 28 heavy (non-hydrogen) atoms. The van der Waals surface area contributed by atoms with Crippen molar-refractivity contribution >= 4 is 15.9 Å². The summed E-state index contributed by atoms with van der Waals surface area (Å²) in [4.78, 5) is 12.6. The van der Waals surface area contributed by atoms with Gasteiger partial charge < -0.3 is 9.73 Å². The summed E-state index contributed by atoms with van der Waals surface area (Å²) >= 11 is 0. The molecule has 0 aliphatic rings. The first-order valence-corrected chi connectivity index (χ1v) is 10.3. The zero-order valence-electron chi connectivity index (χ0n) is 15.5. The van der Waals surface area contributed by atoms with E-state index in [0.717, 1.165) is 15.4 Å². The lowest BCUT2D eigenvalue weighted by Crippen LogP contribution is -2.40. The average Bonchev–Trinajstić information content (AvgIpc) is 3.20. The Balaban J connectivity index is 1.76. The van der Waals surface area contributed by atoms with Crippen LogP contribution in [0.2, 0.25) is 0 Å². The molecule has 0 spiro atoms. The van der Waals surface area contributed by atoms with Crippen LogP contribution in [0.3, 0.4) is 0 Å². The summed E-state index contributed by atoms with van der Waals surface area (Å²) in [7, 11) is -3.86. The minimum Gasteiger partial charge on any atom is -0.468 e. The number of nitrogens with one attached hydrogen (secondary N) is 1. The summed E-state index contributed by atoms with van der Waals surface area (Å²) in [6.45, 7) is 1.89. The van der Waals surface area contributed by atoms with Gasteiger partial charge in [0.25, 0.3) is 0 Å². The van der Waals surface area contributed by atoms with Gasteiger partial charge in [0.2, 0.25) is 15.9 Å². The van der Waals surface area contributed by atoms with Crippen LogP contribution < -0.4 is 5.32 Å². The van der Waals surface area contributed by atoms with Crippen LogP contribution in [0, 0.1) is 6.92 Å². The molecule has 0 atom stereocenters. The molecular formula is C21H22N2O4S. The van der Waals surface area contributed by atoms with Crippen molar-refractivity contribution in [3.05, 3.63) is 89.9 Å². The van der Waals surface area contributed by atoms with Gasteiger partial charge in [0.15, 0.2) is 0 Å². The predicted octanol–water partition coefficient (Wildman–Crippen LogP) is 3.10. The highest BCUT2D eigenvalue weighted by molar-refractivity contribution is 7.89. The van der Waals surface area contributed by atoms with Gasteiger partial charge in [-0.2, -0.15) is 4.31 Å². The summed E-state index contributed by atoms with van der Waals surface area (Å²) in [5, 5.41) is 2.77. The molecule has 3 rings (SSSR count). The maximum atomic E-state index is 13.1. The number of carbonyl (C=O) groups excluding carboxylic acids is 1. The van der Waals surface area contributed by atoms with Crippen LogP contribution in [0.25, 0.3) is 0 Å². The largest absolute Gasteiger partial charge is 0.468 e. The van der Waals surface area contributed by atoms with E-state index >= 15 is 0 Å². The molecule has 3 aromatic rings. The number of rotatable bonds is 8. The summed E-state index contributed by atoms with van der Waals surface area (Å²) < 4.78 is 32.6. The SMILES string of the molecule is Cc1ccc(S(=O)(=O)N(CC(=O)NCc2ccccc2)Cc2ccco2)cc1. The van der Waals surface area contributed by atoms with Crippen LogP contribution in [-0.4, -0.2) is 25.2 Å². The Morgan fingerprint density at radius 2 is 1.71 bits per heavy atom. The Hall–Kier alpha value is -2.90. The van der Waals surface area contributed by atoms with Crippen LogP contribution in [0.5, 0.6) is 0 Å². The Labute approximate surface area is 164 Å². The van der Waals surface area contributed by atoms with Crippen molar-refractivity contribution in [3.8, 4) is 0 Å². The average molecular weight is 398 g/mol. The van der Waals surface area contributed by atoms with Crippen molar-refractivity contribution in [2.45, 2.75) is 24.9 Å². The molecule has 0 bridgehead atoms. The number of amides is 1. The first-order chi connectivity index (χ1) is 13.4. The molecule has 1 amide bonds. The number of benzene rings is 2. The normalized spacial score (nSPS) is 11.5. The lowest BCUT2D eigenvalue weighted by atomic mass is 10.2. The molecule has 1 N–H and O–H groups in total. The molecule has 0 aliphatic carbocycles. The zero-order chi connectivity index (χ0) is 20.0. The molecular weight excluding hydrogens is 376 g/mol. The number of hydrogen-bond acceptors (Lipinski definition) is 4. The maximum absolute atomic E-state index is 13.1. The van der Waals surface area contributed by atoms with Gasteiger partial charge in [0.05, 0.1) is 24.2 Å². The zero-order valence-corrected chi connectivity index (χ0v) is 16.4. The molecule has 1 heterocycles. The van der Waals surface area contributed by atoms with Crippen molar-refractivity contribution in [2.24, 2.45) is 0 Å². The highest BCUT2D eigenvalue weighted by Gasteiger charge is 2.27. The molecule has 2 aromatic carbocycles. The van der Waals surface area contributed by atoms with Crippen molar-refractivity contribution in [1.29, 1.82) is 0 Å². The standard InChI is InChI=1S/C21H22N2O4S/c1-17-9-11-20(12-10-17)28(25,26)23(15-19-8-5-13-27-19)16-21(24)22-14-18-6-3-2-4-7-18/h2-13H,14-16H2,1H3,(H,22,24). The summed E-state index contributed by atoms with van der Waals surface area (Å²) in [6.07, 6.45) is 1.47. The molecule has 146 valence electrons. The second kappa shape index (κ2) is 8.86. The number of sulfonamides is 1. The van der Waals surface area contributed by atoms with E-state index in [9.17, 15) is 13.2 Å². The molecule has 1 aromatic heterocycles. The van der Waals surface area contributed by atoms with E-state index < -0.39 is 10.0 Å². The highest BCUT2D eigenvalue weighted by atomic mass is 32.2. The van der Waals surface area contributed by atoms with Crippen LogP contribution in [0.4, 0.5) is 0 Å². The quantitative estimate of drug-likeness (QED) is 0.632. The highest BCUT2D eigenvalue weighted by Crippen LogP contribution is 2.19. The van der Waals surface area contributed by atoms with E-state index in [4.69, 9.17) is 4.42 Å². The van der Waals surface area contributed by atoms with E-state index in [0.29, 0.717) is 12.3 Å². The van der Waals surface area contributed by atoms with Crippen LogP contribution in [0.15, 0.2) is 82.3 Å². The van der Waals surface area contributed by atoms with Crippen molar-refractivity contribution in [1.82, 2.24) is 9.62 Å². The molecule has 0 aliphatic heterocycles. The topological polar surface area (TPSA) is 79.6 Å². The van der Waals surface area contributed by atoms with E-state index in [1.165, 1.54) is 6.26 Å². The van der Waals surface area contributed by atoms with Crippen molar-refractivity contribution in [2.75, 3.05) is 6.54 Å².